The Hall–Kier alpha value is -0.320. The lowest BCUT2D eigenvalue weighted by Crippen LogP contribution is -2.45. The summed E-state index contributed by atoms with van der Waals surface area (Å²) in [6, 6.07) is 0.228. The van der Waals surface area contributed by atoms with E-state index in [0.29, 0.717) is 12.5 Å². The second kappa shape index (κ2) is 8.96. The molecule has 0 aromatic rings. The van der Waals surface area contributed by atoms with Crippen LogP contribution < -0.4 is 11.1 Å². The van der Waals surface area contributed by atoms with E-state index in [-0.39, 0.29) is 36.6 Å². The summed E-state index contributed by atoms with van der Waals surface area (Å²) in [5.41, 5.74) is 5.59. The van der Waals surface area contributed by atoms with Crippen molar-refractivity contribution in [1.82, 2.24) is 5.32 Å². The molecular formula is C16H31ClN2O2. The second-order valence-corrected chi connectivity index (χ2v) is 6.61. The third-order valence-electron chi connectivity index (χ3n) is 5.21. The number of nitrogens with one attached hydrogen (secondary N) is 1. The summed E-state index contributed by atoms with van der Waals surface area (Å²) in [7, 11) is 0. The lowest BCUT2D eigenvalue weighted by molar-refractivity contribution is -0.133. The summed E-state index contributed by atoms with van der Waals surface area (Å²) < 4.78 is 5.66. The highest BCUT2D eigenvalue weighted by atomic mass is 35.5. The fraction of sp³-hybridized carbons (Fsp3) is 0.938. The Bertz CT molecular complexity index is 321. The van der Waals surface area contributed by atoms with Crippen LogP contribution in [-0.2, 0) is 9.53 Å². The van der Waals surface area contributed by atoms with Crippen molar-refractivity contribution in [2.75, 3.05) is 6.54 Å². The zero-order valence-electron chi connectivity index (χ0n) is 13.3. The second-order valence-electron chi connectivity index (χ2n) is 6.61. The SMILES string of the molecule is CC(NC(=O)[C@@H]1CC[C@H](CN)O1)C(C)C1CCCCC1.Cl. The van der Waals surface area contributed by atoms with Crippen LogP contribution in [0, 0.1) is 11.8 Å². The van der Waals surface area contributed by atoms with Crippen LogP contribution in [0.15, 0.2) is 0 Å². The van der Waals surface area contributed by atoms with Gasteiger partial charge in [-0.3, -0.25) is 4.79 Å². The molecule has 5 heteroatoms. The van der Waals surface area contributed by atoms with E-state index in [2.05, 4.69) is 19.2 Å². The third kappa shape index (κ3) is 5.11. The van der Waals surface area contributed by atoms with E-state index in [1.165, 1.54) is 32.1 Å². The number of carbonyl (C=O) groups excluding carboxylic acids is 1. The Kier molecular flexibility index (Phi) is 7.99. The molecule has 4 nitrogen and oxygen atoms in total. The molecule has 1 amide bonds. The fourth-order valence-electron chi connectivity index (χ4n) is 3.59. The minimum atomic E-state index is -0.287. The van der Waals surface area contributed by atoms with Gasteiger partial charge in [0.2, 0.25) is 5.91 Å². The van der Waals surface area contributed by atoms with Crippen LogP contribution in [0.1, 0.15) is 58.8 Å². The van der Waals surface area contributed by atoms with Gasteiger partial charge < -0.3 is 15.8 Å². The molecule has 2 rings (SSSR count). The topological polar surface area (TPSA) is 64.4 Å². The van der Waals surface area contributed by atoms with Crippen LogP contribution in [0.5, 0.6) is 0 Å². The van der Waals surface area contributed by atoms with Gasteiger partial charge in [0.15, 0.2) is 0 Å². The molecule has 1 saturated heterocycles. The largest absolute Gasteiger partial charge is 0.364 e. The minimum absolute atomic E-state index is 0. The Labute approximate surface area is 135 Å². The molecule has 0 bridgehead atoms. The molecule has 1 aliphatic heterocycles. The van der Waals surface area contributed by atoms with E-state index in [4.69, 9.17) is 10.5 Å². The molecule has 1 aliphatic carbocycles. The maximum atomic E-state index is 12.2. The molecule has 1 saturated carbocycles. The Morgan fingerprint density at radius 2 is 1.86 bits per heavy atom. The Morgan fingerprint density at radius 3 is 2.43 bits per heavy atom. The van der Waals surface area contributed by atoms with Gasteiger partial charge in [-0.15, -0.1) is 12.4 Å². The molecule has 2 aliphatic rings. The Morgan fingerprint density at radius 1 is 1.19 bits per heavy atom. The number of amides is 1. The van der Waals surface area contributed by atoms with Gasteiger partial charge in [-0.2, -0.15) is 0 Å². The van der Waals surface area contributed by atoms with Crippen LogP contribution in [0.3, 0.4) is 0 Å². The standard InChI is InChI=1S/C16H30N2O2.ClH/c1-11(13-6-4-3-5-7-13)12(2)18-16(19)15-9-8-14(10-17)20-15;/h11-15H,3-10,17H2,1-2H3,(H,18,19);1H/t11?,12?,14-,15+;/m1./s1. The average molecular weight is 319 g/mol. The summed E-state index contributed by atoms with van der Waals surface area (Å²) in [5, 5.41) is 3.16. The van der Waals surface area contributed by atoms with Gasteiger partial charge in [0, 0.05) is 12.6 Å². The smallest absolute Gasteiger partial charge is 0.249 e. The summed E-state index contributed by atoms with van der Waals surface area (Å²) in [5.74, 6) is 1.36. The van der Waals surface area contributed by atoms with Gasteiger partial charge in [-0.05, 0) is 31.6 Å². The van der Waals surface area contributed by atoms with Gasteiger partial charge in [-0.1, -0.05) is 39.0 Å². The molecule has 3 N–H and O–H groups in total. The van der Waals surface area contributed by atoms with Crippen LogP contribution in [0.25, 0.3) is 0 Å². The van der Waals surface area contributed by atoms with Crippen LogP contribution in [0.4, 0.5) is 0 Å². The quantitative estimate of drug-likeness (QED) is 0.819. The molecular weight excluding hydrogens is 288 g/mol. The van der Waals surface area contributed by atoms with E-state index in [0.717, 1.165) is 18.8 Å². The first-order valence-electron chi connectivity index (χ1n) is 8.27. The predicted octanol–water partition coefficient (Wildman–Crippen LogP) is 2.64. The van der Waals surface area contributed by atoms with Crippen molar-refractivity contribution < 1.29 is 9.53 Å². The maximum Gasteiger partial charge on any atom is 0.249 e. The summed E-state index contributed by atoms with van der Waals surface area (Å²) in [6.45, 7) is 4.92. The van der Waals surface area contributed by atoms with Crippen LogP contribution >= 0.6 is 12.4 Å². The number of carbonyl (C=O) groups is 1. The molecule has 2 fully saturated rings. The van der Waals surface area contributed by atoms with E-state index < -0.39 is 0 Å². The monoisotopic (exact) mass is 318 g/mol. The molecule has 0 spiro atoms. The third-order valence-corrected chi connectivity index (χ3v) is 5.21. The summed E-state index contributed by atoms with van der Waals surface area (Å²) in [6.07, 6.45) is 8.19. The first-order valence-corrected chi connectivity index (χ1v) is 8.27. The van der Waals surface area contributed by atoms with E-state index >= 15 is 0 Å². The van der Waals surface area contributed by atoms with Crippen LogP contribution in [0.2, 0.25) is 0 Å². The number of rotatable bonds is 5. The van der Waals surface area contributed by atoms with E-state index in [1.807, 2.05) is 0 Å². The van der Waals surface area contributed by atoms with Gasteiger partial charge in [-0.25, -0.2) is 0 Å². The number of halogens is 1. The van der Waals surface area contributed by atoms with Crippen molar-refractivity contribution in [2.24, 2.45) is 17.6 Å². The number of nitrogens with two attached hydrogens (primary N) is 1. The van der Waals surface area contributed by atoms with Gasteiger partial charge in [0.1, 0.15) is 6.10 Å². The molecule has 0 aromatic carbocycles. The number of ether oxygens (including phenoxy) is 1. The molecule has 124 valence electrons. The van der Waals surface area contributed by atoms with E-state index in [9.17, 15) is 4.79 Å². The van der Waals surface area contributed by atoms with Crippen molar-refractivity contribution in [3.63, 3.8) is 0 Å². The summed E-state index contributed by atoms with van der Waals surface area (Å²) >= 11 is 0. The van der Waals surface area contributed by atoms with Crippen LogP contribution in [-0.4, -0.2) is 30.7 Å². The maximum absolute atomic E-state index is 12.2. The van der Waals surface area contributed by atoms with Gasteiger partial charge >= 0.3 is 0 Å². The average Bonchev–Trinajstić information content (AvgIpc) is 2.96. The molecule has 21 heavy (non-hydrogen) atoms. The molecule has 1 heterocycles. The zero-order valence-corrected chi connectivity index (χ0v) is 14.2. The lowest BCUT2D eigenvalue weighted by atomic mass is 9.78. The molecule has 0 aromatic heterocycles. The van der Waals surface area contributed by atoms with Crippen molar-refractivity contribution in [3.8, 4) is 0 Å². The highest BCUT2D eigenvalue weighted by Gasteiger charge is 2.32. The van der Waals surface area contributed by atoms with E-state index in [1.54, 1.807) is 0 Å². The molecule has 0 radical (unpaired) electrons. The zero-order chi connectivity index (χ0) is 14.5. The predicted molar refractivity (Wildman–Crippen MR) is 87.5 cm³/mol. The first-order chi connectivity index (χ1) is 9.61. The van der Waals surface area contributed by atoms with Gasteiger partial charge in [0.25, 0.3) is 0 Å². The number of hydrogen-bond acceptors (Lipinski definition) is 3. The fourth-order valence-corrected chi connectivity index (χ4v) is 3.59. The van der Waals surface area contributed by atoms with Gasteiger partial charge in [0.05, 0.1) is 6.10 Å². The highest BCUT2D eigenvalue weighted by Crippen LogP contribution is 2.31. The number of hydrogen-bond donors (Lipinski definition) is 2. The summed E-state index contributed by atoms with van der Waals surface area (Å²) in [4.78, 5) is 12.2. The first kappa shape index (κ1) is 18.7. The molecule has 4 atom stereocenters. The van der Waals surface area contributed by atoms with Crippen molar-refractivity contribution in [3.05, 3.63) is 0 Å². The normalized spacial score (nSPS) is 29.5. The van der Waals surface area contributed by atoms with Crippen molar-refractivity contribution >= 4 is 18.3 Å². The minimum Gasteiger partial charge on any atom is -0.364 e. The van der Waals surface area contributed by atoms with Crippen molar-refractivity contribution in [1.29, 1.82) is 0 Å². The van der Waals surface area contributed by atoms with Crippen molar-refractivity contribution in [2.45, 2.75) is 77.0 Å². The highest BCUT2D eigenvalue weighted by molar-refractivity contribution is 5.85. The Balaban J connectivity index is 0.00000220. The lowest BCUT2D eigenvalue weighted by Gasteiger charge is -2.32. The molecule has 2 unspecified atom stereocenters.